The highest BCUT2D eigenvalue weighted by molar-refractivity contribution is 7.07. The van der Waals surface area contributed by atoms with Crippen LogP contribution < -0.4 is 19.6 Å². The molecule has 0 aliphatic carbocycles. The van der Waals surface area contributed by atoms with E-state index in [1.54, 1.807) is 11.7 Å². The number of methoxy groups -OCH3 is 1. The quantitative estimate of drug-likeness (QED) is 0.472. The normalized spacial score (nSPS) is 16.1. The lowest BCUT2D eigenvalue weighted by molar-refractivity contribution is -0.114. The van der Waals surface area contributed by atoms with Crippen LogP contribution in [0.25, 0.3) is 16.8 Å². The van der Waals surface area contributed by atoms with Crippen molar-refractivity contribution in [2.24, 2.45) is 12.0 Å². The maximum Gasteiger partial charge on any atom is 0.271 e. The van der Waals surface area contributed by atoms with E-state index in [-0.39, 0.29) is 11.3 Å². The fourth-order valence-electron chi connectivity index (χ4n) is 4.54. The van der Waals surface area contributed by atoms with E-state index in [1.807, 2.05) is 79.3 Å². The van der Waals surface area contributed by atoms with Crippen molar-refractivity contribution in [1.82, 2.24) is 9.13 Å². The van der Waals surface area contributed by atoms with Crippen LogP contribution in [0.2, 0.25) is 0 Å². The first-order valence-electron chi connectivity index (χ1n) is 10.6. The number of fused-ring (bicyclic) bond motifs is 2. The van der Waals surface area contributed by atoms with Gasteiger partial charge in [-0.15, -0.1) is 0 Å². The van der Waals surface area contributed by atoms with Crippen molar-refractivity contribution in [2.75, 3.05) is 7.11 Å². The third-order valence-corrected chi connectivity index (χ3v) is 7.07. The Labute approximate surface area is 194 Å². The zero-order valence-electron chi connectivity index (χ0n) is 18.8. The molecular formula is C26H23N3O3S. The number of carbonyl (C=O) groups is 1. The van der Waals surface area contributed by atoms with Gasteiger partial charge in [0, 0.05) is 35.8 Å². The highest BCUT2D eigenvalue weighted by Crippen LogP contribution is 2.40. The number of hydrogen-bond donors (Lipinski definition) is 0. The molecule has 1 aliphatic heterocycles. The van der Waals surface area contributed by atoms with E-state index >= 15 is 0 Å². The van der Waals surface area contributed by atoms with Crippen LogP contribution in [0.5, 0.6) is 5.75 Å². The topological polar surface area (TPSA) is 65.6 Å². The van der Waals surface area contributed by atoms with E-state index in [0.29, 0.717) is 26.4 Å². The van der Waals surface area contributed by atoms with E-state index < -0.39 is 6.04 Å². The predicted octanol–water partition coefficient (Wildman–Crippen LogP) is 3.32. The first-order valence-corrected chi connectivity index (χ1v) is 11.4. The van der Waals surface area contributed by atoms with Crippen LogP contribution in [-0.4, -0.2) is 22.0 Å². The van der Waals surface area contributed by atoms with Gasteiger partial charge in [0.25, 0.3) is 5.56 Å². The Morgan fingerprint density at radius 1 is 1.15 bits per heavy atom. The average Bonchev–Trinajstić information content (AvgIpc) is 3.34. The second-order valence-electron chi connectivity index (χ2n) is 8.08. The highest BCUT2D eigenvalue weighted by atomic mass is 32.1. The number of benzene rings is 2. The Hall–Kier alpha value is -3.71. The van der Waals surface area contributed by atoms with Gasteiger partial charge in [0.2, 0.25) is 0 Å². The molecule has 0 N–H and O–H groups in total. The van der Waals surface area contributed by atoms with Gasteiger partial charge < -0.3 is 9.30 Å². The molecule has 166 valence electrons. The van der Waals surface area contributed by atoms with Crippen molar-refractivity contribution in [1.29, 1.82) is 0 Å². The van der Waals surface area contributed by atoms with Gasteiger partial charge >= 0.3 is 0 Å². The monoisotopic (exact) mass is 457 g/mol. The van der Waals surface area contributed by atoms with Crippen molar-refractivity contribution in [3.63, 3.8) is 0 Å². The fraction of sp³-hybridized carbons (Fsp3) is 0.192. The number of rotatable bonds is 4. The minimum Gasteiger partial charge on any atom is -0.496 e. The molecule has 4 aromatic rings. The molecule has 0 amide bonds. The third kappa shape index (κ3) is 3.36. The number of Topliss-reactive ketones (excluding diaryl/α,β-unsaturated/α-hetero) is 1. The summed E-state index contributed by atoms with van der Waals surface area (Å²) in [5.41, 5.74) is 2.66. The zero-order chi connectivity index (χ0) is 23.3. The Kier molecular flexibility index (Phi) is 5.13. The number of ether oxygens (including phenoxy) is 1. The Morgan fingerprint density at radius 2 is 1.94 bits per heavy atom. The molecule has 2 aromatic heterocycles. The van der Waals surface area contributed by atoms with Gasteiger partial charge in [0.15, 0.2) is 10.6 Å². The lowest BCUT2D eigenvalue weighted by Crippen LogP contribution is -2.39. The molecule has 3 heterocycles. The van der Waals surface area contributed by atoms with Crippen molar-refractivity contribution in [2.45, 2.75) is 19.9 Å². The van der Waals surface area contributed by atoms with Crippen LogP contribution in [0.3, 0.4) is 0 Å². The van der Waals surface area contributed by atoms with Gasteiger partial charge in [-0.05, 0) is 48.9 Å². The van der Waals surface area contributed by atoms with Gasteiger partial charge in [-0.3, -0.25) is 14.2 Å². The van der Waals surface area contributed by atoms with Crippen molar-refractivity contribution < 1.29 is 9.53 Å². The Morgan fingerprint density at radius 3 is 2.64 bits per heavy atom. The molecule has 0 bridgehead atoms. The molecule has 0 saturated heterocycles. The molecule has 1 aliphatic rings. The van der Waals surface area contributed by atoms with E-state index in [9.17, 15) is 9.59 Å². The fourth-order valence-corrected chi connectivity index (χ4v) is 5.57. The largest absolute Gasteiger partial charge is 0.496 e. The number of aromatic nitrogens is 2. The highest BCUT2D eigenvalue weighted by Gasteiger charge is 2.33. The molecule has 2 aromatic carbocycles. The number of hydrogen-bond acceptors (Lipinski definition) is 5. The summed E-state index contributed by atoms with van der Waals surface area (Å²) in [4.78, 5) is 31.9. The molecule has 0 saturated carbocycles. The van der Waals surface area contributed by atoms with Crippen LogP contribution in [-0.2, 0) is 11.8 Å². The van der Waals surface area contributed by atoms with Gasteiger partial charge in [-0.1, -0.05) is 41.7 Å². The SMILES string of the molecule is COc1ccc2ccccc2c1[C@H]1C(C(C)=O)=C(C)N=c2s/c(=C\c3cccn3C)c(=O)n21. The summed E-state index contributed by atoms with van der Waals surface area (Å²) in [7, 11) is 3.54. The Bertz CT molecular complexity index is 1640. The minimum absolute atomic E-state index is 0.118. The number of thiazole rings is 1. The van der Waals surface area contributed by atoms with Gasteiger partial charge in [0.05, 0.1) is 17.7 Å². The van der Waals surface area contributed by atoms with Crippen LogP contribution in [0.1, 0.15) is 31.1 Å². The van der Waals surface area contributed by atoms with E-state index in [0.717, 1.165) is 22.0 Å². The van der Waals surface area contributed by atoms with Crippen LogP contribution in [0.15, 0.2) is 75.8 Å². The van der Waals surface area contributed by atoms with Gasteiger partial charge in [-0.25, -0.2) is 4.99 Å². The summed E-state index contributed by atoms with van der Waals surface area (Å²) < 4.78 is 9.91. The molecule has 33 heavy (non-hydrogen) atoms. The lowest BCUT2D eigenvalue weighted by atomic mass is 9.89. The number of aryl methyl sites for hydroxylation is 1. The molecule has 1 atom stereocenters. The molecular weight excluding hydrogens is 434 g/mol. The molecule has 0 spiro atoms. The number of nitrogens with zero attached hydrogens (tertiary/aromatic N) is 3. The molecule has 0 radical (unpaired) electrons. The van der Waals surface area contributed by atoms with Gasteiger partial charge in [0.1, 0.15) is 5.75 Å². The van der Waals surface area contributed by atoms with Crippen LogP contribution in [0.4, 0.5) is 0 Å². The molecule has 5 rings (SSSR count). The van der Waals surface area contributed by atoms with E-state index in [4.69, 9.17) is 4.74 Å². The first kappa shape index (κ1) is 21.2. The first-order chi connectivity index (χ1) is 15.9. The van der Waals surface area contributed by atoms with E-state index in [2.05, 4.69) is 4.99 Å². The summed E-state index contributed by atoms with van der Waals surface area (Å²) in [6.07, 6.45) is 3.80. The average molecular weight is 458 g/mol. The lowest BCUT2D eigenvalue weighted by Gasteiger charge is -2.27. The maximum atomic E-state index is 13.7. The number of ketones is 1. The second-order valence-corrected chi connectivity index (χ2v) is 9.09. The number of allylic oxidation sites excluding steroid dienone is 2. The van der Waals surface area contributed by atoms with Crippen molar-refractivity contribution >= 4 is 34.0 Å². The summed E-state index contributed by atoms with van der Waals surface area (Å²) in [5, 5.41) is 1.95. The van der Waals surface area contributed by atoms with Crippen LogP contribution in [0, 0.1) is 0 Å². The third-order valence-electron chi connectivity index (χ3n) is 6.09. The Balaban J connectivity index is 1.89. The van der Waals surface area contributed by atoms with E-state index in [1.165, 1.54) is 18.3 Å². The standard InChI is InChI=1S/C26H23N3O3S/c1-15-22(16(2)30)24(23-19-10-6-5-8-17(19)11-12-20(23)32-4)29-25(31)21(33-26(29)27-15)14-18-9-7-13-28(18)3/h5-14,24H,1-4H3/b21-14-/t24-/m1/s1. The summed E-state index contributed by atoms with van der Waals surface area (Å²) in [6, 6.07) is 15.1. The zero-order valence-corrected chi connectivity index (χ0v) is 19.6. The molecule has 0 unspecified atom stereocenters. The summed E-state index contributed by atoms with van der Waals surface area (Å²) in [5.74, 6) is 0.511. The number of carbonyl (C=O) groups excluding carboxylic acids is 1. The molecule has 7 heteroatoms. The summed E-state index contributed by atoms with van der Waals surface area (Å²) >= 11 is 1.33. The molecule has 6 nitrogen and oxygen atoms in total. The second kappa shape index (κ2) is 8.01. The van der Waals surface area contributed by atoms with Crippen molar-refractivity contribution in [3.05, 3.63) is 96.9 Å². The maximum absolute atomic E-state index is 13.7. The minimum atomic E-state index is -0.629. The summed E-state index contributed by atoms with van der Waals surface area (Å²) in [6.45, 7) is 3.36. The van der Waals surface area contributed by atoms with Crippen LogP contribution >= 0.6 is 11.3 Å². The van der Waals surface area contributed by atoms with Crippen molar-refractivity contribution in [3.8, 4) is 5.75 Å². The molecule has 0 fully saturated rings. The van der Waals surface area contributed by atoms with Gasteiger partial charge in [-0.2, -0.15) is 0 Å². The predicted molar refractivity (Wildman–Crippen MR) is 130 cm³/mol. The smallest absolute Gasteiger partial charge is 0.271 e.